The van der Waals surface area contributed by atoms with E-state index < -0.39 is 5.97 Å². The van der Waals surface area contributed by atoms with Crippen LogP contribution in [0.15, 0.2) is 12.3 Å². The van der Waals surface area contributed by atoms with Gasteiger partial charge in [-0.2, -0.15) is 0 Å². The summed E-state index contributed by atoms with van der Waals surface area (Å²) in [5.41, 5.74) is 3.19. The molecule has 0 unspecified atom stereocenters. The second kappa shape index (κ2) is 5.39. The molecular formula is C12H8I2N4O2. The molecule has 0 bridgehead atoms. The number of aromatic amines is 1. The van der Waals surface area contributed by atoms with Crippen molar-refractivity contribution in [1.82, 2.24) is 19.9 Å². The van der Waals surface area contributed by atoms with Gasteiger partial charge in [0.25, 0.3) is 0 Å². The quantitative estimate of drug-likeness (QED) is 0.332. The van der Waals surface area contributed by atoms with Gasteiger partial charge in [-0.05, 0) is 12.5 Å². The molecule has 0 spiro atoms. The number of pyridine rings is 1. The molecule has 0 aromatic carbocycles. The Labute approximate surface area is 140 Å². The number of hydrogen-bond donors (Lipinski definition) is 2. The number of rotatable bonds is 3. The summed E-state index contributed by atoms with van der Waals surface area (Å²) >= 11 is 4.38. The summed E-state index contributed by atoms with van der Waals surface area (Å²) in [7, 11) is 0. The standard InChI is InChI=1S/C12H8I2N4O2/c13-2-1-6-8-9-7(3-5(4-15-9)11(19)20)16-10(8)18-12(14)17-6/h3-4H,1-2H2,(H,19,20)(H,16,17,18). The number of H-pyrrole nitrogens is 1. The third kappa shape index (κ3) is 2.34. The highest BCUT2D eigenvalue weighted by molar-refractivity contribution is 14.1. The fraction of sp³-hybridized carbons (Fsp3) is 0.167. The monoisotopic (exact) mass is 494 g/mol. The van der Waals surface area contributed by atoms with Crippen LogP contribution in [0.25, 0.3) is 22.1 Å². The summed E-state index contributed by atoms with van der Waals surface area (Å²) in [5, 5.41) is 9.90. The molecule has 3 heterocycles. The van der Waals surface area contributed by atoms with E-state index >= 15 is 0 Å². The van der Waals surface area contributed by atoms with Gasteiger partial charge >= 0.3 is 5.97 Å². The van der Waals surface area contributed by atoms with Gasteiger partial charge < -0.3 is 10.1 Å². The molecule has 102 valence electrons. The first kappa shape index (κ1) is 13.9. The molecule has 0 aliphatic heterocycles. The van der Waals surface area contributed by atoms with Crippen LogP contribution in [0.5, 0.6) is 0 Å². The van der Waals surface area contributed by atoms with Crippen molar-refractivity contribution in [2.24, 2.45) is 0 Å². The average molecular weight is 494 g/mol. The molecule has 3 rings (SSSR count). The molecule has 20 heavy (non-hydrogen) atoms. The Morgan fingerprint density at radius 2 is 2.20 bits per heavy atom. The van der Waals surface area contributed by atoms with E-state index in [1.165, 1.54) is 6.20 Å². The van der Waals surface area contributed by atoms with Crippen LogP contribution < -0.4 is 0 Å². The van der Waals surface area contributed by atoms with E-state index in [9.17, 15) is 4.79 Å². The van der Waals surface area contributed by atoms with Crippen LogP contribution in [0, 0.1) is 3.83 Å². The molecule has 3 aromatic heterocycles. The van der Waals surface area contributed by atoms with Gasteiger partial charge in [0, 0.05) is 33.2 Å². The maximum Gasteiger partial charge on any atom is 0.337 e. The van der Waals surface area contributed by atoms with E-state index in [2.05, 4.69) is 65.1 Å². The van der Waals surface area contributed by atoms with E-state index in [0.717, 1.165) is 27.4 Å². The van der Waals surface area contributed by atoms with Gasteiger partial charge in [0.2, 0.25) is 0 Å². The minimum absolute atomic E-state index is 0.155. The maximum absolute atomic E-state index is 11.0. The Hall–Kier alpha value is -1.04. The molecule has 0 aliphatic rings. The number of carboxylic acids is 1. The smallest absolute Gasteiger partial charge is 0.337 e. The van der Waals surface area contributed by atoms with Gasteiger partial charge in [-0.25, -0.2) is 14.8 Å². The number of halogens is 2. The number of nitrogens with zero attached hydrogens (tertiary/aromatic N) is 3. The molecule has 2 N–H and O–H groups in total. The summed E-state index contributed by atoms with van der Waals surface area (Å²) in [6, 6.07) is 1.58. The van der Waals surface area contributed by atoms with Crippen molar-refractivity contribution in [2.45, 2.75) is 6.42 Å². The lowest BCUT2D eigenvalue weighted by atomic mass is 10.2. The molecule has 0 saturated carbocycles. The van der Waals surface area contributed by atoms with Crippen LogP contribution in [0.3, 0.4) is 0 Å². The number of aryl methyl sites for hydroxylation is 1. The van der Waals surface area contributed by atoms with Crippen molar-refractivity contribution in [3.8, 4) is 0 Å². The normalized spacial score (nSPS) is 11.3. The van der Waals surface area contributed by atoms with Gasteiger partial charge in [-0.3, -0.25) is 4.98 Å². The minimum atomic E-state index is -0.994. The molecule has 0 atom stereocenters. The summed E-state index contributed by atoms with van der Waals surface area (Å²) in [6.07, 6.45) is 2.19. The Kier molecular flexibility index (Phi) is 3.75. The van der Waals surface area contributed by atoms with Gasteiger partial charge in [0.05, 0.1) is 27.7 Å². The third-order valence-corrected chi connectivity index (χ3v) is 3.93. The zero-order chi connectivity index (χ0) is 14.3. The Bertz CT molecular complexity index is 831. The van der Waals surface area contributed by atoms with Crippen molar-refractivity contribution in [3.63, 3.8) is 0 Å². The van der Waals surface area contributed by atoms with Gasteiger partial charge in [0.15, 0.2) is 3.83 Å². The lowest BCUT2D eigenvalue weighted by molar-refractivity contribution is 0.0696. The zero-order valence-electron chi connectivity index (χ0n) is 10.0. The molecule has 0 aliphatic carbocycles. The highest BCUT2D eigenvalue weighted by Gasteiger charge is 2.15. The lowest BCUT2D eigenvalue weighted by Crippen LogP contribution is -1.98. The van der Waals surface area contributed by atoms with Gasteiger partial charge in [-0.1, -0.05) is 22.6 Å². The minimum Gasteiger partial charge on any atom is -0.478 e. The highest BCUT2D eigenvalue weighted by Crippen LogP contribution is 2.26. The molecule has 0 radical (unpaired) electrons. The predicted molar refractivity (Wildman–Crippen MR) is 91.5 cm³/mol. The summed E-state index contributed by atoms with van der Waals surface area (Å²) in [4.78, 5) is 27.2. The molecule has 0 fully saturated rings. The summed E-state index contributed by atoms with van der Waals surface area (Å²) in [5.74, 6) is -0.994. The zero-order valence-corrected chi connectivity index (χ0v) is 14.3. The fourth-order valence-corrected chi connectivity index (χ4v) is 3.13. The first-order valence-corrected chi connectivity index (χ1v) is 8.33. The van der Waals surface area contributed by atoms with Crippen molar-refractivity contribution in [3.05, 3.63) is 27.4 Å². The van der Waals surface area contributed by atoms with Crippen LogP contribution in [-0.2, 0) is 6.42 Å². The Morgan fingerprint density at radius 3 is 2.90 bits per heavy atom. The van der Waals surface area contributed by atoms with E-state index in [1.807, 2.05) is 0 Å². The van der Waals surface area contributed by atoms with E-state index in [-0.39, 0.29) is 5.56 Å². The molecule has 0 saturated heterocycles. The van der Waals surface area contributed by atoms with Crippen LogP contribution in [0.2, 0.25) is 0 Å². The third-order valence-electron chi connectivity index (χ3n) is 2.91. The summed E-state index contributed by atoms with van der Waals surface area (Å²) < 4.78 is 1.61. The molecular weight excluding hydrogens is 486 g/mol. The average Bonchev–Trinajstić information content (AvgIpc) is 2.75. The van der Waals surface area contributed by atoms with Crippen LogP contribution >= 0.6 is 45.2 Å². The van der Waals surface area contributed by atoms with E-state index in [1.54, 1.807) is 6.07 Å². The Morgan fingerprint density at radius 1 is 1.40 bits per heavy atom. The number of hydrogen-bond acceptors (Lipinski definition) is 4. The van der Waals surface area contributed by atoms with Crippen molar-refractivity contribution in [1.29, 1.82) is 0 Å². The number of nitrogens with one attached hydrogen (secondary N) is 1. The summed E-state index contributed by atoms with van der Waals surface area (Å²) in [6.45, 7) is 0. The van der Waals surface area contributed by atoms with Gasteiger partial charge in [0.1, 0.15) is 5.65 Å². The second-order valence-corrected chi connectivity index (χ2v) is 6.20. The second-order valence-electron chi connectivity index (χ2n) is 4.15. The molecule has 0 amide bonds. The number of aromatic carboxylic acids is 1. The van der Waals surface area contributed by atoms with Crippen LogP contribution in [0.1, 0.15) is 16.1 Å². The molecule has 3 aromatic rings. The Balaban J connectivity index is 2.36. The van der Waals surface area contributed by atoms with Crippen molar-refractivity contribution < 1.29 is 9.90 Å². The molecule has 6 nitrogen and oxygen atoms in total. The maximum atomic E-state index is 11.0. The topological polar surface area (TPSA) is 91.8 Å². The van der Waals surface area contributed by atoms with Crippen molar-refractivity contribution in [2.75, 3.05) is 4.43 Å². The highest BCUT2D eigenvalue weighted by atomic mass is 127. The largest absolute Gasteiger partial charge is 0.478 e. The first-order valence-electron chi connectivity index (χ1n) is 5.73. The van der Waals surface area contributed by atoms with Crippen LogP contribution in [0.4, 0.5) is 0 Å². The number of carbonyl (C=O) groups is 1. The number of alkyl halides is 1. The first-order chi connectivity index (χ1) is 9.60. The van der Waals surface area contributed by atoms with Gasteiger partial charge in [-0.15, -0.1) is 0 Å². The van der Waals surface area contributed by atoms with E-state index in [0.29, 0.717) is 15.0 Å². The number of carboxylic acid groups (broad SMARTS) is 1. The predicted octanol–water partition coefficient (Wildman–Crippen LogP) is 2.79. The lowest BCUT2D eigenvalue weighted by Gasteiger charge is -2.01. The number of fused-ring (bicyclic) bond motifs is 3. The fourth-order valence-electron chi connectivity index (χ4n) is 2.09. The van der Waals surface area contributed by atoms with E-state index in [4.69, 9.17) is 5.11 Å². The molecule has 8 heteroatoms. The SMILES string of the molecule is O=C(O)c1cnc2c(c1)[nH]c1nc(I)nc(CCI)c12. The van der Waals surface area contributed by atoms with Crippen molar-refractivity contribution >= 4 is 73.2 Å². The van der Waals surface area contributed by atoms with Crippen LogP contribution in [-0.4, -0.2) is 35.4 Å². The number of aromatic nitrogens is 4.